The van der Waals surface area contributed by atoms with Crippen LogP contribution < -0.4 is 5.32 Å². The molecule has 1 amide bonds. The second kappa shape index (κ2) is 5.46. The van der Waals surface area contributed by atoms with E-state index in [4.69, 9.17) is 11.6 Å². The second-order valence-electron chi connectivity index (χ2n) is 3.47. The molecule has 0 bridgehead atoms. The number of halogens is 3. The minimum absolute atomic E-state index is 0.217. The van der Waals surface area contributed by atoms with Crippen molar-refractivity contribution in [3.8, 4) is 0 Å². The summed E-state index contributed by atoms with van der Waals surface area (Å²) in [6, 6.07) is 7.06. The lowest BCUT2D eigenvalue weighted by atomic mass is 10.3. The molecule has 6 heteroatoms. The van der Waals surface area contributed by atoms with Crippen molar-refractivity contribution >= 4 is 39.1 Å². The van der Waals surface area contributed by atoms with Gasteiger partial charge in [-0.3, -0.25) is 4.79 Å². The summed E-state index contributed by atoms with van der Waals surface area (Å²) >= 11 is 8.91. The predicted octanol–water partition coefficient (Wildman–Crippen LogP) is 3.89. The van der Waals surface area contributed by atoms with Gasteiger partial charge in [-0.25, -0.2) is 9.37 Å². The highest BCUT2D eigenvalue weighted by atomic mass is 79.9. The summed E-state index contributed by atoms with van der Waals surface area (Å²) < 4.78 is 13.8. The molecule has 3 nitrogen and oxygen atoms in total. The van der Waals surface area contributed by atoms with Gasteiger partial charge in [0.25, 0.3) is 5.91 Å². The van der Waals surface area contributed by atoms with Gasteiger partial charge in [0.05, 0.1) is 0 Å². The summed E-state index contributed by atoms with van der Waals surface area (Å²) in [6.45, 7) is 0. The molecule has 1 aromatic heterocycles. The lowest BCUT2D eigenvalue weighted by molar-refractivity contribution is 0.102. The molecule has 0 aliphatic rings. The molecule has 0 aliphatic carbocycles. The second-order valence-corrected chi connectivity index (χ2v) is 4.83. The molecule has 0 saturated carbocycles. The fraction of sp³-hybridized carbons (Fsp3) is 0. The first kappa shape index (κ1) is 13.0. The fourth-order valence-electron chi connectivity index (χ4n) is 1.33. The molecule has 0 aliphatic heterocycles. The Morgan fingerprint density at radius 2 is 2.11 bits per heavy atom. The normalized spacial score (nSPS) is 10.2. The Kier molecular flexibility index (Phi) is 3.93. The molecule has 0 fully saturated rings. The highest BCUT2D eigenvalue weighted by molar-refractivity contribution is 9.10. The number of carbonyl (C=O) groups excluding carboxylic acids is 1. The highest BCUT2D eigenvalue weighted by Crippen LogP contribution is 2.18. The number of rotatable bonds is 2. The first-order valence-corrected chi connectivity index (χ1v) is 6.11. The lowest BCUT2D eigenvalue weighted by Crippen LogP contribution is -2.13. The van der Waals surface area contributed by atoms with E-state index in [9.17, 15) is 9.18 Å². The van der Waals surface area contributed by atoms with Crippen molar-refractivity contribution in [2.45, 2.75) is 0 Å². The Labute approximate surface area is 116 Å². The van der Waals surface area contributed by atoms with Crippen LogP contribution >= 0.6 is 27.5 Å². The summed E-state index contributed by atoms with van der Waals surface area (Å²) in [5.74, 6) is -0.939. The molecule has 2 rings (SSSR count). The zero-order valence-electron chi connectivity index (χ0n) is 8.95. The Hall–Kier alpha value is -1.46. The molecule has 0 atom stereocenters. The Morgan fingerprint density at radius 3 is 2.72 bits per heavy atom. The van der Waals surface area contributed by atoms with Crippen molar-refractivity contribution < 1.29 is 9.18 Å². The number of nitrogens with zero attached hydrogens (tertiary/aromatic N) is 1. The van der Waals surface area contributed by atoms with Crippen LogP contribution in [-0.2, 0) is 0 Å². The van der Waals surface area contributed by atoms with Crippen LogP contribution in [0.15, 0.2) is 41.0 Å². The number of hydrogen-bond acceptors (Lipinski definition) is 2. The van der Waals surface area contributed by atoms with Crippen LogP contribution in [0, 0.1) is 5.82 Å². The van der Waals surface area contributed by atoms with Gasteiger partial charge < -0.3 is 5.32 Å². The van der Waals surface area contributed by atoms with Crippen LogP contribution in [0.2, 0.25) is 5.02 Å². The molecule has 0 spiro atoms. The standard InChI is InChI=1S/C12H7BrClFN2O/c13-7-1-2-11(16-6-7)12(18)17-10-4-8(14)3-9(15)5-10/h1-6H,(H,17,18). The monoisotopic (exact) mass is 328 g/mol. The van der Waals surface area contributed by atoms with Crippen LogP contribution in [0.25, 0.3) is 0 Å². The van der Waals surface area contributed by atoms with E-state index < -0.39 is 11.7 Å². The van der Waals surface area contributed by atoms with Crippen LogP contribution in [0.1, 0.15) is 10.5 Å². The van der Waals surface area contributed by atoms with Gasteiger partial charge in [0.2, 0.25) is 0 Å². The van der Waals surface area contributed by atoms with Gasteiger partial charge in [0.1, 0.15) is 11.5 Å². The van der Waals surface area contributed by atoms with Gasteiger partial charge in [-0.15, -0.1) is 0 Å². The maximum absolute atomic E-state index is 13.1. The van der Waals surface area contributed by atoms with E-state index in [1.807, 2.05) is 0 Å². The molecule has 1 aromatic carbocycles. The number of nitrogens with one attached hydrogen (secondary N) is 1. The van der Waals surface area contributed by atoms with E-state index in [-0.39, 0.29) is 16.4 Å². The molecular formula is C12H7BrClFN2O. The number of hydrogen-bond donors (Lipinski definition) is 1. The molecule has 0 radical (unpaired) electrons. The molecular weight excluding hydrogens is 322 g/mol. The van der Waals surface area contributed by atoms with E-state index in [2.05, 4.69) is 26.2 Å². The fourth-order valence-corrected chi connectivity index (χ4v) is 1.79. The van der Waals surface area contributed by atoms with E-state index >= 15 is 0 Å². The number of aromatic nitrogens is 1. The third-order valence-corrected chi connectivity index (χ3v) is 2.77. The summed E-state index contributed by atoms with van der Waals surface area (Å²) in [5, 5.41) is 2.73. The number of anilines is 1. The minimum atomic E-state index is -0.512. The number of amides is 1. The van der Waals surface area contributed by atoms with Crippen molar-refractivity contribution in [3.63, 3.8) is 0 Å². The van der Waals surface area contributed by atoms with Gasteiger partial charge in [-0.1, -0.05) is 11.6 Å². The number of carbonyl (C=O) groups is 1. The summed E-state index contributed by atoms with van der Waals surface area (Å²) in [4.78, 5) is 15.7. The summed E-state index contributed by atoms with van der Waals surface area (Å²) in [7, 11) is 0. The zero-order valence-corrected chi connectivity index (χ0v) is 11.3. The molecule has 0 unspecified atom stereocenters. The van der Waals surface area contributed by atoms with Crippen molar-refractivity contribution in [2.75, 3.05) is 5.32 Å². The van der Waals surface area contributed by atoms with Gasteiger partial charge in [-0.05, 0) is 46.3 Å². The van der Waals surface area contributed by atoms with Crippen molar-refractivity contribution in [2.24, 2.45) is 0 Å². The summed E-state index contributed by atoms with van der Waals surface area (Å²) in [6.07, 6.45) is 1.51. The SMILES string of the molecule is O=C(Nc1cc(F)cc(Cl)c1)c1ccc(Br)cn1. The van der Waals surface area contributed by atoms with Gasteiger partial charge >= 0.3 is 0 Å². The maximum Gasteiger partial charge on any atom is 0.274 e. The van der Waals surface area contributed by atoms with Crippen LogP contribution in [-0.4, -0.2) is 10.9 Å². The summed E-state index contributed by atoms with van der Waals surface area (Å²) in [5.41, 5.74) is 0.522. The van der Waals surface area contributed by atoms with Crippen molar-refractivity contribution in [1.82, 2.24) is 4.98 Å². The topological polar surface area (TPSA) is 42.0 Å². The maximum atomic E-state index is 13.1. The predicted molar refractivity (Wildman–Crippen MR) is 71.3 cm³/mol. The third-order valence-electron chi connectivity index (χ3n) is 2.08. The molecule has 92 valence electrons. The average Bonchev–Trinajstić information content (AvgIpc) is 2.28. The molecule has 1 heterocycles. The Morgan fingerprint density at radius 1 is 1.33 bits per heavy atom. The lowest BCUT2D eigenvalue weighted by Gasteiger charge is -2.05. The van der Waals surface area contributed by atoms with Crippen LogP contribution in [0.4, 0.5) is 10.1 Å². The zero-order chi connectivity index (χ0) is 13.1. The molecule has 1 N–H and O–H groups in total. The van der Waals surface area contributed by atoms with Gasteiger partial charge in [-0.2, -0.15) is 0 Å². The van der Waals surface area contributed by atoms with Crippen molar-refractivity contribution in [3.05, 3.63) is 57.5 Å². The van der Waals surface area contributed by atoms with E-state index in [1.54, 1.807) is 12.1 Å². The van der Waals surface area contributed by atoms with Gasteiger partial charge in [0.15, 0.2) is 0 Å². The molecule has 2 aromatic rings. The Bertz CT molecular complexity index is 569. The molecule has 0 saturated heterocycles. The Balaban J connectivity index is 2.18. The molecule has 18 heavy (non-hydrogen) atoms. The third kappa shape index (κ3) is 3.27. The van der Waals surface area contributed by atoms with Crippen molar-refractivity contribution in [1.29, 1.82) is 0 Å². The van der Waals surface area contributed by atoms with Crippen LogP contribution in [0.5, 0.6) is 0 Å². The first-order chi connectivity index (χ1) is 8.54. The average molecular weight is 330 g/mol. The number of benzene rings is 1. The van der Waals surface area contributed by atoms with E-state index in [1.165, 1.54) is 18.3 Å². The largest absolute Gasteiger partial charge is 0.320 e. The highest BCUT2D eigenvalue weighted by Gasteiger charge is 2.08. The van der Waals surface area contributed by atoms with Gasteiger partial charge in [0, 0.05) is 21.4 Å². The minimum Gasteiger partial charge on any atom is -0.320 e. The van der Waals surface area contributed by atoms with E-state index in [0.29, 0.717) is 0 Å². The quantitative estimate of drug-likeness (QED) is 0.908. The van der Waals surface area contributed by atoms with Crippen LogP contribution in [0.3, 0.4) is 0 Å². The smallest absolute Gasteiger partial charge is 0.274 e. The first-order valence-electron chi connectivity index (χ1n) is 4.93. The number of pyridine rings is 1. The van der Waals surface area contributed by atoms with E-state index in [0.717, 1.165) is 10.5 Å².